The van der Waals surface area contributed by atoms with Gasteiger partial charge in [-0.15, -0.1) is 5.10 Å². The number of anilines is 4. The number of para-hydroxylation sites is 2. The summed E-state index contributed by atoms with van der Waals surface area (Å²) in [6.45, 7) is 1.91. The van der Waals surface area contributed by atoms with E-state index < -0.39 is 0 Å². The number of carbonyl (C=O) groups is 1. The zero-order valence-corrected chi connectivity index (χ0v) is 15.0. The van der Waals surface area contributed by atoms with Crippen molar-refractivity contribution in [3.63, 3.8) is 0 Å². The number of aromatic amines is 1. The fraction of sp³-hybridized carbons (Fsp3) is 0.250. The van der Waals surface area contributed by atoms with Gasteiger partial charge in [0.2, 0.25) is 11.9 Å². The van der Waals surface area contributed by atoms with Gasteiger partial charge in [0, 0.05) is 18.8 Å². The standard InChI is InChI=1S/C20H22N6O/c27-18(22-19-23-20(25-24-19)26-13-7-2-8-14-26)16-11-5-6-12-17(16)21-15-9-3-1-4-10-15/h1,3-6,9-12,21H,2,7-8,13-14H2,(H2,22,23,24,25,27). The highest BCUT2D eigenvalue weighted by Crippen LogP contribution is 2.22. The smallest absolute Gasteiger partial charge is 0.260 e. The fourth-order valence-corrected chi connectivity index (χ4v) is 3.19. The first kappa shape index (κ1) is 17.1. The highest BCUT2D eigenvalue weighted by molar-refractivity contribution is 6.07. The van der Waals surface area contributed by atoms with Gasteiger partial charge in [-0.2, -0.15) is 4.98 Å². The second-order valence-corrected chi connectivity index (χ2v) is 6.52. The molecule has 7 nitrogen and oxygen atoms in total. The maximum absolute atomic E-state index is 12.8. The van der Waals surface area contributed by atoms with Crippen LogP contribution >= 0.6 is 0 Å². The zero-order chi connectivity index (χ0) is 18.5. The Kier molecular flexibility index (Phi) is 5.00. The Morgan fingerprint density at radius 2 is 1.70 bits per heavy atom. The van der Waals surface area contributed by atoms with Crippen molar-refractivity contribution in [1.29, 1.82) is 0 Å². The lowest BCUT2D eigenvalue weighted by Gasteiger charge is -2.24. The molecule has 0 aliphatic carbocycles. The number of H-pyrrole nitrogens is 1. The molecule has 138 valence electrons. The number of aromatic nitrogens is 3. The highest BCUT2D eigenvalue weighted by Gasteiger charge is 2.17. The third-order valence-electron chi connectivity index (χ3n) is 4.57. The quantitative estimate of drug-likeness (QED) is 0.643. The van der Waals surface area contributed by atoms with Gasteiger partial charge in [0.1, 0.15) is 0 Å². The van der Waals surface area contributed by atoms with E-state index in [4.69, 9.17) is 0 Å². The lowest BCUT2D eigenvalue weighted by atomic mass is 10.1. The summed E-state index contributed by atoms with van der Waals surface area (Å²) < 4.78 is 0. The van der Waals surface area contributed by atoms with Crippen molar-refractivity contribution in [1.82, 2.24) is 15.2 Å². The number of nitrogens with one attached hydrogen (secondary N) is 3. The molecule has 3 N–H and O–H groups in total. The Hall–Kier alpha value is -3.35. The van der Waals surface area contributed by atoms with Crippen LogP contribution in [0.3, 0.4) is 0 Å². The largest absolute Gasteiger partial charge is 0.355 e. The number of nitrogens with zero attached hydrogens (tertiary/aromatic N) is 3. The molecule has 4 rings (SSSR count). The van der Waals surface area contributed by atoms with Crippen molar-refractivity contribution in [2.24, 2.45) is 0 Å². The third-order valence-corrected chi connectivity index (χ3v) is 4.57. The average Bonchev–Trinajstić information content (AvgIpc) is 3.18. The Labute approximate surface area is 157 Å². The van der Waals surface area contributed by atoms with Crippen LogP contribution in [0.4, 0.5) is 23.3 Å². The molecule has 1 fully saturated rings. The molecule has 7 heteroatoms. The normalized spacial score (nSPS) is 14.0. The van der Waals surface area contributed by atoms with Crippen molar-refractivity contribution in [2.45, 2.75) is 19.3 Å². The molecular weight excluding hydrogens is 340 g/mol. The molecule has 0 atom stereocenters. The van der Waals surface area contributed by atoms with Gasteiger partial charge in [-0.05, 0) is 43.5 Å². The Bertz CT molecular complexity index is 902. The van der Waals surface area contributed by atoms with Crippen LogP contribution in [-0.4, -0.2) is 34.2 Å². The van der Waals surface area contributed by atoms with Gasteiger partial charge in [-0.1, -0.05) is 30.3 Å². The van der Waals surface area contributed by atoms with Crippen LogP contribution in [0.5, 0.6) is 0 Å². The molecule has 1 amide bonds. The summed E-state index contributed by atoms with van der Waals surface area (Å²) in [4.78, 5) is 19.3. The van der Waals surface area contributed by atoms with E-state index in [1.165, 1.54) is 6.42 Å². The molecule has 0 unspecified atom stereocenters. The van der Waals surface area contributed by atoms with Crippen molar-refractivity contribution in [2.75, 3.05) is 28.6 Å². The Morgan fingerprint density at radius 3 is 2.52 bits per heavy atom. The SMILES string of the molecule is O=C(Nc1nc(N2CCCCC2)n[nH]1)c1ccccc1Nc1ccccc1. The Morgan fingerprint density at radius 1 is 0.963 bits per heavy atom. The molecule has 27 heavy (non-hydrogen) atoms. The summed E-state index contributed by atoms with van der Waals surface area (Å²) in [6, 6.07) is 17.1. The van der Waals surface area contributed by atoms with Crippen LogP contribution in [0.2, 0.25) is 0 Å². The molecule has 2 aromatic carbocycles. The zero-order valence-electron chi connectivity index (χ0n) is 15.0. The van der Waals surface area contributed by atoms with E-state index in [9.17, 15) is 4.79 Å². The summed E-state index contributed by atoms with van der Waals surface area (Å²) >= 11 is 0. The summed E-state index contributed by atoms with van der Waals surface area (Å²) in [7, 11) is 0. The van der Waals surface area contributed by atoms with E-state index in [2.05, 4.69) is 30.7 Å². The van der Waals surface area contributed by atoms with Crippen molar-refractivity contribution in [3.05, 3.63) is 60.2 Å². The fourth-order valence-electron chi connectivity index (χ4n) is 3.19. The van der Waals surface area contributed by atoms with Gasteiger partial charge >= 0.3 is 0 Å². The molecule has 0 saturated carbocycles. The number of benzene rings is 2. The molecule has 0 spiro atoms. The van der Waals surface area contributed by atoms with E-state index in [0.29, 0.717) is 17.5 Å². The van der Waals surface area contributed by atoms with Gasteiger partial charge in [0.25, 0.3) is 5.91 Å². The molecule has 0 radical (unpaired) electrons. The van der Waals surface area contributed by atoms with E-state index in [-0.39, 0.29) is 5.91 Å². The molecule has 1 saturated heterocycles. The van der Waals surface area contributed by atoms with E-state index in [0.717, 1.165) is 37.3 Å². The van der Waals surface area contributed by atoms with E-state index >= 15 is 0 Å². The van der Waals surface area contributed by atoms with E-state index in [1.807, 2.05) is 48.5 Å². The van der Waals surface area contributed by atoms with Crippen molar-refractivity contribution >= 4 is 29.2 Å². The lowest BCUT2D eigenvalue weighted by Crippen LogP contribution is -2.30. The van der Waals surface area contributed by atoms with Crippen LogP contribution in [0.25, 0.3) is 0 Å². The molecule has 0 bridgehead atoms. The second kappa shape index (κ2) is 7.90. The van der Waals surface area contributed by atoms with Gasteiger partial charge in [0.15, 0.2) is 0 Å². The van der Waals surface area contributed by atoms with Gasteiger partial charge in [0.05, 0.1) is 11.3 Å². The van der Waals surface area contributed by atoms with E-state index in [1.54, 1.807) is 6.07 Å². The first-order chi connectivity index (χ1) is 13.3. The first-order valence-electron chi connectivity index (χ1n) is 9.19. The average molecular weight is 362 g/mol. The minimum Gasteiger partial charge on any atom is -0.355 e. The second-order valence-electron chi connectivity index (χ2n) is 6.52. The number of hydrogen-bond donors (Lipinski definition) is 3. The van der Waals surface area contributed by atoms with Gasteiger partial charge in [-0.25, -0.2) is 5.10 Å². The summed E-state index contributed by atoms with van der Waals surface area (Å²) in [6.07, 6.45) is 3.54. The van der Waals surface area contributed by atoms with Crippen LogP contribution < -0.4 is 15.5 Å². The highest BCUT2D eigenvalue weighted by atomic mass is 16.1. The number of rotatable bonds is 5. The Balaban J connectivity index is 1.48. The molecule has 2 heterocycles. The van der Waals surface area contributed by atoms with Crippen LogP contribution in [0.1, 0.15) is 29.6 Å². The number of amides is 1. The summed E-state index contributed by atoms with van der Waals surface area (Å²) in [5, 5.41) is 13.1. The van der Waals surface area contributed by atoms with Crippen molar-refractivity contribution in [3.8, 4) is 0 Å². The summed E-state index contributed by atoms with van der Waals surface area (Å²) in [5.74, 6) is 0.756. The number of piperidine rings is 1. The summed E-state index contributed by atoms with van der Waals surface area (Å²) in [5.41, 5.74) is 2.19. The van der Waals surface area contributed by atoms with Gasteiger partial charge in [-0.3, -0.25) is 10.1 Å². The minimum absolute atomic E-state index is 0.240. The molecule has 1 aliphatic heterocycles. The topological polar surface area (TPSA) is 85.9 Å². The third kappa shape index (κ3) is 4.08. The number of carbonyl (C=O) groups excluding carboxylic acids is 1. The first-order valence-corrected chi connectivity index (χ1v) is 9.19. The van der Waals surface area contributed by atoms with Crippen LogP contribution in [0, 0.1) is 0 Å². The maximum Gasteiger partial charge on any atom is 0.260 e. The predicted molar refractivity (Wildman–Crippen MR) is 107 cm³/mol. The number of hydrogen-bond acceptors (Lipinski definition) is 5. The minimum atomic E-state index is -0.240. The monoisotopic (exact) mass is 362 g/mol. The molecular formula is C20H22N6O. The van der Waals surface area contributed by atoms with Crippen LogP contribution in [-0.2, 0) is 0 Å². The molecule has 3 aromatic rings. The molecule has 1 aromatic heterocycles. The van der Waals surface area contributed by atoms with Crippen LogP contribution in [0.15, 0.2) is 54.6 Å². The predicted octanol–water partition coefficient (Wildman–Crippen LogP) is 3.79. The molecule has 1 aliphatic rings. The van der Waals surface area contributed by atoms with Gasteiger partial charge < -0.3 is 10.2 Å². The van der Waals surface area contributed by atoms with Crippen molar-refractivity contribution < 1.29 is 4.79 Å². The lowest BCUT2D eigenvalue weighted by molar-refractivity contribution is 0.102. The maximum atomic E-state index is 12.8.